The molecule has 8 nitrogen and oxygen atoms in total. The zero-order valence-corrected chi connectivity index (χ0v) is 13.3. The van der Waals surface area contributed by atoms with Crippen LogP contribution in [0.2, 0.25) is 0 Å². The van der Waals surface area contributed by atoms with Crippen LogP contribution in [0.4, 0.5) is 5.82 Å². The molecular weight excluding hydrogens is 326 g/mol. The molecule has 0 bridgehead atoms. The van der Waals surface area contributed by atoms with E-state index in [1.54, 1.807) is 6.07 Å². The highest BCUT2D eigenvalue weighted by Crippen LogP contribution is 2.49. The summed E-state index contributed by atoms with van der Waals surface area (Å²) in [5.41, 5.74) is 1.06. The van der Waals surface area contributed by atoms with Gasteiger partial charge < -0.3 is 19.9 Å². The number of anilines is 1. The van der Waals surface area contributed by atoms with E-state index in [9.17, 15) is 9.59 Å². The molecule has 1 aliphatic carbocycles. The average Bonchev–Trinajstić information content (AvgIpc) is 3.29. The van der Waals surface area contributed by atoms with Crippen LogP contribution < -0.4 is 14.8 Å². The summed E-state index contributed by atoms with van der Waals surface area (Å²) in [7, 11) is 0. The van der Waals surface area contributed by atoms with Crippen LogP contribution in [0.25, 0.3) is 0 Å². The Hall–Kier alpha value is -3.03. The number of rotatable bonds is 5. The van der Waals surface area contributed by atoms with E-state index < -0.39 is 5.97 Å². The van der Waals surface area contributed by atoms with E-state index in [4.69, 9.17) is 14.6 Å². The van der Waals surface area contributed by atoms with Gasteiger partial charge in [0.2, 0.25) is 5.91 Å². The van der Waals surface area contributed by atoms with E-state index in [1.165, 1.54) is 10.9 Å². The van der Waals surface area contributed by atoms with Crippen LogP contribution in [0.5, 0.6) is 11.5 Å². The van der Waals surface area contributed by atoms with Crippen LogP contribution in [0, 0.1) is 5.92 Å². The third-order valence-electron chi connectivity index (χ3n) is 4.31. The number of aromatic nitrogens is 2. The SMILES string of the molecule is O=C(O)Cn1ccc(NC(=O)[C@@H]2C[C@H]2c2ccc3c(c2)OCCO3)n1. The van der Waals surface area contributed by atoms with E-state index in [1.807, 2.05) is 18.2 Å². The number of nitrogens with zero attached hydrogens (tertiary/aromatic N) is 2. The highest BCUT2D eigenvalue weighted by molar-refractivity contribution is 5.94. The van der Waals surface area contributed by atoms with Gasteiger partial charge in [0.25, 0.3) is 0 Å². The largest absolute Gasteiger partial charge is 0.486 e. The molecule has 4 rings (SSSR count). The Morgan fingerprint density at radius 1 is 1.24 bits per heavy atom. The van der Waals surface area contributed by atoms with E-state index in [0.717, 1.165) is 23.5 Å². The maximum absolute atomic E-state index is 12.3. The second-order valence-electron chi connectivity index (χ2n) is 6.13. The highest BCUT2D eigenvalue weighted by atomic mass is 16.6. The fourth-order valence-corrected chi connectivity index (χ4v) is 3.02. The van der Waals surface area contributed by atoms with Crippen LogP contribution in [0.15, 0.2) is 30.5 Å². The second kappa shape index (κ2) is 6.12. The fraction of sp³-hybridized carbons (Fsp3) is 0.353. The van der Waals surface area contributed by atoms with Crippen LogP contribution in [0.1, 0.15) is 17.9 Å². The lowest BCUT2D eigenvalue weighted by atomic mass is 10.1. The third kappa shape index (κ3) is 3.28. The average molecular weight is 343 g/mol. The van der Waals surface area contributed by atoms with Gasteiger partial charge in [-0.15, -0.1) is 0 Å². The van der Waals surface area contributed by atoms with Crippen molar-refractivity contribution >= 4 is 17.7 Å². The predicted octanol–water partition coefficient (Wildman–Crippen LogP) is 1.48. The number of benzene rings is 1. The summed E-state index contributed by atoms with van der Waals surface area (Å²) in [5.74, 6) is 0.758. The van der Waals surface area contributed by atoms with E-state index in [2.05, 4.69) is 10.4 Å². The minimum absolute atomic E-state index is 0.111. The number of carboxylic acids is 1. The lowest BCUT2D eigenvalue weighted by molar-refractivity contribution is -0.137. The number of nitrogens with one attached hydrogen (secondary N) is 1. The fourth-order valence-electron chi connectivity index (χ4n) is 3.02. The third-order valence-corrected chi connectivity index (χ3v) is 4.31. The normalized spacial score (nSPS) is 20.8. The van der Waals surface area contributed by atoms with Crippen molar-refractivity contribution in [3.8, 4) is 11.5 Å². The first-order valence-corrected chi connectivity index (χ1v) is 8.06. The van der Waals surface area contributed by atoms with E-state index in [0.29, 0.717) is 19.0 Å². The number of carbonyl (C=O) groups excluding carboxylic acids is 1. The zero-order valence-electron chi connectivity index (χ0n) is 13.3. The number of aliphatic carboxylic acids is 1. The van der Waals surface area contributed by atoms with Crippen molar-refractivity contribution in [2.75, 3.05) is 18.5 Å². The molecule has 2 N–H and O–H groups in total. The summed E-state index contributed by atoms with van der Waals surface area (Å²) in [6, 6.07) is 7.37. The minimum atomic E-state index is -0.984. The molecule has 130 valence electrons. The highest BCUT2D eigenvalue weighted by Gasteiger charge is 2.44. The van der Waals surface area contributed by atoms with Crippen LogP contribution >= 0.6 is 0 Å². The van der Waals surface area contributed by atoms with Gasteiger partial charge in [-0.25, -0.2) is 0 Å². The first kappa shape index (κ1) is 15.5. The Kier molecular flexibility index (Phi) is 3.79. The molecule has 2 atom stereocenters. The molecule has 0 spiro atoms. The summed E-state index contributed by atoms with van der Waals surface area (Å²) >= 11 is 0. The van der Waals surface area contributed by atoms with Crippen molar-refractivity contribution in [1.29, 1.82) is 0 Å². The summed E-state index contributed by atoms with van der Waals surface area (Å²) in [5, 5.41) is 15.5. The molecule has 0 radical (unpaired) electrons. The van der Waals surface area contributed by atoms with Gasteiger partial charge >= 0.3 is 5.97 Å². The molecule has 1 aromatic carbocycles. The van der Waals surface area contributed by atoms with Crippen molar-refractivity contribution in [2.45, 2.75) is 18.9 Å². The number of carboxylic acid groups (broad SMARTS) is 1. The van der Waals surface area contributed by atoms with Gasteiger partial charge in [-0.05, 0) is 30.0 Å². The van der Waals surface area contributed by atoms with Gasteiger partial charge in [0, 0.05) is 18.2 Å². The summed E-state index contributed by atoms with van der Waals surface area (Å²) in [6.07, 6.45) is 2.29. The predicted molar refractivity (Wildman–Crippen MR) is 86.8 cm³/mol. The van der Waals surface area contributed by atoms with Gasteiger partial charge in [0.05, 0.1) is 0 Å². The number of carbonyl (C=O) groups is 2. The van der Waals surface area contributed by atoms with Gasteiger partial charge in [0.15, 0.2) is 17.3 Å². The summed E-state index contributed by atoms with van der Waals surface area (Å²) in [6.45, 7) is 0.846. The molecule has 1 amide bonds. The van der Waals surface area contributed by atoms with Crippen molar-refractivity contribution in [1.82, 2.24) is 9.78 Å². The summed E-state index contributed by atoms with van der Waals surface area (Å²) in [4.78, 5) is 23.0. The molecular formula is C17H17N3O5. The number of hydrogen-bond donors (Lipinski definition) is 2. The van der Waals surface area contributed by atoms with Gasteiger partial charge in [-0.2, -0.15) is 5.10 Å². The Bertz CT molecular complexity index is 831. The molecule has 1 fully saturated rings. The lowest BCUT2D eigenvalue weighted by Gasteiger charge is -2.18. The number of amides is 1. The summed E-state index contributed by atoms with van der Waals surface area (Å²) < 4.78 is 12.4. The van der Waals surface area contributed by atoms with Crippen LogP contribution in [-0.4, -0.2) is 40.0 Å². The maximum atomic E-state index is 12.3. The Morgan fingerprint density at radius 3 is 2.84 bits per heavy atom. The number of ether oxygens (including phenoxy) is 2. The van der Waals surface area contributed by atoms with Crippen molar-refractivity contribution in [2.24, 2.45) is 5.92 Å². The van der Waals surface area contributed by atoms with Crippen molar-refractivity contribution < 1.29 is 24.2 Å². The minimum Gasteiger partial charge on any atom is -0.486 e. The maximum Gasteiger partial charge on any atom is 0.325 e. The Labute approximate surface area is 143 Å². The second-order valence-corrected chi connectivity index (χ2v) is 6.13. The molecule has 1 saturated carbocycles. The molecule has 0 saturated heterocycles. The van der Waals surface area contributed by atoms with Crippen LogP contribution in [0.3, 0.4) is 0 Å². The number of hydrogen-bond acceptors (Lipinski definition) is 5. The van der Waals surface area contributed by atoms with Gasteiger partial charge in [-0.1, -0.05) is 6.07 Å². The quantitative estimate of drug-likeness (QED) is 0.852. The standard InChI is InChI=1S/C17H17N3O5/c21-16(22)9-20-4-3-15(19-20)18-17(23)12-8-11(12)10-1-2-13-14(7-10)25-6-5-24-13/h1-4,7,11-12H,5-6,8-9H2,(H,21,22)(H,18,19,23)/t11-,12+/m0/s1. The first-order valence-electron chi connectivity index (χ1n) is 8.06. The molecule has 0 unspecified atom stereocenters. The van der Waals surface area contributed by atoms with Crippen LogP contribution in [-0.2, 0) is 16.1 Å². The topological polar surface area (TPSA) is 103 Å². The molecule has 2 aromatic rings. The van der Waals surface area contributed by atoms with Crippen molar-refractivity contribution in [3.05, 3.63) is 36.0 Å². The zero-order chi connectivity index (χ0) is 17.4. The van der Waals surface area contributed by atoms with E-state index in [-0.39, 0.29) is 24.3 Å². The Balaban J connectivity index is 1.38. The van der Waals surface area contributed by atoms with Gasteiger partial charge in [-0.3, -0.25) is 14.3 Å². The smallest absolute Gasteiger partial charge is 0.325 e. The number of fused-ring (bicyclic) bond motifs is 1. The molecule has 1 aliphatic heterocycles. The van der Waals surface area contributed by atoms with E-state index >= 15 is 0 Å². The lowest BCUT2D eigenvalue weighted by Crippen LogP contribution is -2.16. The molecule has 8 heteroatoms. The van der Waals surface area contributed by atoms with Crippen molar-refractivity contribution in [3.63, 3.8) is 0 Å². The molecule has 2 aliphatic rings. The molecule has 2 heterocycles. The monoisotopic (exact) mass is 343 g/mol. The Morgan fingerprint density at radius 2 is 2.04 bits per heavy atom. The molecule has 1 aromatic heterocycles. The molecule has 25 heavy (non-hydrogen) atoms. The first-order chi connectivity index (χ1) is 12.1. The van der Waals surface area contributed by atoms with Gasteiger partial charge in [0.1, 0.15) is 19.8 Å².